The molecule has 33 heavy (non-hydrogen) atoms. The van der Waals surface area contributed by atoms with Crippen molar-refractivity contribution in [3.05, 3.63) is 59.9 Å². The van der Waals surface area contributed by atoms with Gasteiger partial charge in [-0.1, -0.05) is 13.0 Å². The summed E-state index contributed by atoms with van der Waals surface area (Å²) in [4.78, 5) is 23.5. The van der Waals surface area contributed by atoms with Crippen molar-refractivity contribution in [3.63, 3.8) is 0 Å². The van der Waals surface area contributed by atoms with E-state index in [2.05, 4.69) is 21.7 Å². The number of aliphatic hydroxyl groups is 1. The van der Waals surface area contributed by atoms with Crippen LogP contribution < -0.4 is 4.74 Å². The Labute approximate surface area is 195 Å². The number of aliphatic hydroxyl groups excluding tert-OH is 1. The van der Waals surface area contributed by atoms with Gasteiger partial charge in [0.2, 0.25) is 0 Å². The molecule has 1 amide bonds. The molecule has 0 unspecified atom stereocenters. The maximum absolute atomic E-state index is 13.2. The zero-order valence-corrected chi connectivity index (χ0v) is 19.3. The van der Waals surface area contributed by atoms with Crippen LogP contribution in [0.3, 0.4) is 0 Å². The van der Waals surface area contributed by atoms with Gasteiger partial charge >= 0.3 is 0 Å². The van der Waals surface area contributed by atoms with Crippen LogP contribution in [0.25, 0.3) is 0 Å². The molecule has 1 aromatic carbocycles. The Kier molecular flexibility index (Phi) is 8.28. The molecule has 8 heteroatoms. The molecule has 0 radical (unpaired) electrons. The second-order valence-electron chi connectivity index (χ2n) is 8.59. The van der Waals surface area contributed by atoms with E-state index in [1.807, 2.05) is 30.3 Å². The molecule has 2 aromatic rings. The van der Waals surface area contributed by atoms with E-state index >= 15 is 0 Å². The average Bonchev–Trinajstić information content (AvgIpc) is 3.25. The zero-order valence-electron chi connectivity index (χ0n) is 19.3. The zero-order chi connectivity index (χ0) is 23.0. The number of carbonyl (C=O) groups is 1. The molecular formula is C25H34N4O4. The quantitative estimate of drug-likeness (QED) is 0.615. The number of likely N-dealkylation sites (N-methyl/N-ethyl adjacent to an activating group) is 1. The summed E-state index contributed by atoms with van der Waals surface area (Å²) < 4.78 is 11.3. The van der Waals surface area contributed by atoms with Crippen LogP contribution in [0.4, 0.5) is 0 Å². The fourth-order valence-electron chi connectivity index (χ4n) is 4.50. The highest BCUT2D eigenvalue weighted by Crippen LogP contribution is 2.22. The molecule has 4 rings (SSSR count). The van der Waals surface area contributed by atoms with Crippen LogP contribution in [-0.4, -0.2) is 102 Å². The number of amides is 1. The molecule has 2 fully saturated rings. The van der Waals surface area contributed by atoms with Gasteiger partial charge in [-0.15, -0.1) is 0 Å². The van der Waals surface area contributed by atoms with Crippen LogP contribution in [0.1, 0.15) is 22.8 Å². The summed E-state index contributed by atoms with van der Waals surface area (Å²) in [5.74, 6) is 0.619. The SMILES string of the molecule is CCN(Cc1ccncc1)[C@H]1CN(C(=O)c2cccc(OCCN3CCOCC3)c2)C[C@@H]1O. The van der Waals surface area contributed by atoms with E-state index in [4.69, 9.17) is 9.47 Å². The Morgan fingerprint density at radius 1 is 1.21 bits per heavy atom. The number of aromatic nitrogens is 1. The molecular weight excluding hydrogens is 420 g/mol. The predicted molar refractivity (Wildman–Crippen MR) is 125 cm³/mol. The van der Waals surface area contributed by atoms with Crippen molar-refractivity contribution in [2.45, 2.75) is 25.6 Å². The van der Waals surface area contributed by atoms with Crippen LogP contribution in [0.2, 0.25) is 0 Å². The van der Waals surface area contributed by atoms with E-state index < -0.39 is 6.10 Å². The molecule has 0 aliphatic carbocycles. The lowest BCUT2D eigenvalue weighted by Gasteiger charge is -2.29. The smallest absolute Gasteiger partial charge is 0.254 e. The van der Waals surface area contributed by atoms with Crippen LogP contribution >= 0.6 is 0 Å². The first-order valence-corrected chi connectivity index (χ1v) is 11.8. The lowest BCUT2D eigenvalue weighted by molar-refractivity contribution is 0.0322. The number of hydrogen-bond donors (Lipinski definition) is 1. The number of β-amino-alcohol motifs (C(OH)–C–C–N with tert-alkyl or cyclic N) is 1. The van der Waals surface area contributed by atoms with Crippen molar-refractivity contribution in [1.29, 1.82) is 0 Å². The minimum Gasteiger partial charge on any atom is -0.492 e. The average molecular weight is 455 g/mol. The van der Waals surface area contributed by atoms with Crippen LogP contribution in [0, 0.1) is 0 Å². The Bertz CT molecular complexity index is 891. The number of likely N-dealkylation sites (tertiary alicyclic amines) is 1. The number of carbonyl (C=O) groups excluding carboxylic acids is 1. The van der Waals surface area contributed by atoms with Gasteiger partial charge in [-0.25, -0.2) is 0 Å². The second-order valence-corrected chi connectivity index (χ2v) is 8.59. The summed E-state index contributed by atoms with van der Waals surface area (Å²) in [6.45, 7) is 9.22. The third kappa shape index (κ3) is 6.29. The highest BCUT2D eigenvalue weighted by atomic mass is 16.5. The van der Waals surface area contributed by atoms with Gasteiger partial charge in [0, 0.05) is 57.2 Å². The Hall–Kier alpha value is -2.52. The van der Waals surface area contributed by atoms with Crippen molar-refractivity contribution < 1.29 is 19.4 Å². The molecule has 3 heterocycles. The molecule has 178 valence electrons. The van der Waals surface area contributed by atoms with Gasteiger partial charge in [0.05, 0.1) is 25.4 Å². The number of ether oxygens (including phenoxy) is 2. The third-order valence-corrected chi connectivity index (χ3v) is 6.42. The normalized spacial score (nSPS) is 21.5. The minimum atomic E-state index is -0.580. The minimum absolute atomic E-state index is 0.0739. The molecule has 1 N–H and O–H groups in total. The summed E-state index contributed by atoms with van der Waals surface area (Å²) >= 11 is 0. The highest BCUT2D eigenvalue weighted by molar-refractivity contribution is 5.94. The molecule has 0 bridgehead atoms. The van der Waals surface area contributed by atoms with Crippen molar-refractivity contribution >= 4 is 5.91 Å². The van der Waals surface area contributed by atoms with Crippen molar-refractivity contribution in [3.8, 4) is 5.75 Å². The highest BCUT2D eigenvalue weighted by Gasteiger charge is 2.37. The van der Waals surface area contributed by atoms with E-state index in [0.29, 0.717) is 31.0 Å². The van der Waals surface area contributed by atoms with Gasteiger partial charge in [-0.05, 0) is 42.4 Å². The Balaban J connectivity index is 1.33. The molecule has 2 aliphatic heterocycles. The number of benzene rings is 1. The summed E-state index contributed by atoms with van der Waals surface area (Å²) in [5.41, 5.74) is 1.73. The first-order chi connectivity index (χ1) is 16.1. The summed E-state index contributed by atoms with van der Waals surface area (Å²) in [5, 5.41) is 10.7. The fourth-order valence-corrected chi connectivity index (χ4v) is 4.50. The number of morpholine rings is 1. The second kappa shape index (κ2) is 11.6. The lowest BCUT2D eigenvalue weighted by Crippen LogP contribution is -2.43. The molecule has 0 spiro atoms. The largest absolute Gasteiger partial charge is 0.492 e. The van der Waals surface area contributed by atoms with Gasteiger partial charge in [0.15, 0.2) is 0 Å². The standard InChI is InChI=1S/C25H34N4O4/c1-2-28(17-20-6-8-26-9-7-20)23-18-29(19-24(23)30)25(31)21-4-3-5-22(16-21)33-15-12-27-10-13-32-14-11-27/h3-9,16,23-24,30H,2,10-15,17-19H2,1H3/t23-,24-/m0/s1. The summed E-state index contributed by atoms with van der Waals surface area (Å²) in [6, 6.07) is 11.2. The maximum atomic E-state index is 13.2. The molecule has 2 saturated heterocycles. The van der Waals surface area contributed by atoms with Gasteiger partial charge in [0.1, 0.15) is 12.4 Å². The molecule has 0 saturated carbocycles. The van der Waals surface area contributed by atoms with Crippen molar-refractivity contribution in [2.24, 2.45) is 0 Å². The van der Waals surface area contributed by atoms with Crippen LogP contribution in [0.5, 0.6) is 5.75 Å². The topological polar surface area (TPSA) is 78.4 Å². The van der Waals surface area contributed by atoms with E-state index in [1.54, 1.807) is 23.4 Å². The molecule has 2 aliphatic rings. The Morgan fingerprint density at radius 2 is 2.00 bits per heavy atom. The number of hydrogen-bond acceptors (Lipinski definition) is 7. The monoisotopic (exact) mass is 454 g/mol. The van der Waals surface area contributed by atoms with Gasteiger partial charge in [0.25, 0.3) is 5.91 Å². The summed E-state index contributed by atoms with van der Waals surface area (Å²) in [6.07, 6.45) is 2.98. The molecule has 8 nitrogen and oxygen atoms in total. The van der Waals surface area contributed by atoms with E-state index in [1.165, 1.54) is 0 Å². The lowest BCUT2D eigenvalue weighted by atomic mass is 10.1. The van der Waals surface area contributed by atoms with Crippen molar-refractivity contribution in [1.82, 2.24) is 19.7 Å². The van der Waals surface area contributed by atoms with E-state index in [0.717, 1.165) is 51.5 Å². The first kappa shape index (κ1) is 23.6. The number of pyridine rings is 1. The van der Waals surface area contributed by atoms with E-state index in [9.17, 15) is 9.90 Å². The third-order valence-electron chi connectivity index (χ3n) is 6.42. The van der Waals surface area contributed by atoms with Gasteiger partial charge in [-0.2, -0.15) is 0 Å². The van der Waals surface area contributed by atoms with Gasteiger partial charge < -0.3 is 19.5 Å². The Morgan fingerprint density at radius 3 is 2.76 bits per heavy atom. The number of nitrogens with zero attached hydrogens (tertiary/aromatic N) is 4. The maximum Gasteiger partial charge on any atom is 0.254 e. The fraction of sp³-hybridized carbons (Fsp3) is 0.520. The van der Waals surface area contributed by atoms with E-state index in [-0.39, 0.29) is 11.9 Å². The molecule has 2 atom stereocenters. The van der Waals surface area contributed by atoms with Crippen LogP contribution in [-0.2, 0) is 11.3 Å². The molecule has 1 aromatic heterocycles. The van der Waals surface area contributed by atoms with Gasteiger partial charge in [-0.3, -0.25) is 19.6 Å². The predicted octanol–water partition coefficient (Wildman–Crippen LogP) is 1.50. The first-order valence-electron chi connectivity index (χ1n) is 11.8. The van der Waals surface area contributed by atoms with Crippen molar-refractivity contribution in [2.75, 3.05) is 59.1 Å². The number of rotatable bonds is 9. The van der Waals surface area contributed by atoms with Crippen LogP contribution in [0.15, 0.2) is 48.8 Å². The summed E-state index contributed by atoms with van der Waals surface area (Å²) in [7, 11) is 0.